The smallest absolute Gasteiger partial charge is 0.232 e. The van der Waals surface area contributed by atoms with E-state index >= 15 is 0 Å². The molecule has 0 aromatic heterocycles. The predicted molar refractivity (Wildman–Crippen MR) is 109 cm³/mol. The first-order valence-electron chi connectivity index (χ1n) is 9.23. The van der Waals surface area contributed by atoms with Gasteiger partial charge in [-0.2, -0.15) is 0 Å². The lowest BCUT2D eigenvalue weighted by Gasteiger charge is -2.24. The van der Waals surface area contributed by atoms with Crippen LogP contribution in [0.15, 0.2) is 36.4 Å². The van der Waals surface area contributed by atoms with Gasteiger partial charge in [0.2, 0.25) is 11.8 Å². The van der Waals surface area contributed by atoms with Gasteiger partial charge in [-0.05, 0) is 43.2 Å². The third-order valence-corrected chi connectivity index (χ3v) is 5.42. The van der Waals surface area contributed by atoms with Crippen molar-refractivity contribution in [1.29, 1.82) is 0 Å². The van der Waals surface area contributed by atoms with Crippen LogP contribution in [0.5, 0.6) is 11.5 Å². The summed E-state index contributed by atoms with van der Waals surface area (Å²) in [5.74, 6) is 0.634. The number of hydrogen-bond acceptors (Lipinski definition) is 4. The normalized spacial score (nSPS) is 16.2. The molecule has 0 saturated carbocycles. The SMILES string of the molecule is COc1ccc(OC)c(N2C[C@@H](C(=O)N(C)c3cccc(C)c3C)CC2=O)c1. The summed E-state index contributed by atoms with van der Waals surface area (Å²) in [7, 11) is 4.90. The maximum Gasteiger partial charge on any atom is 0.232 e. The zero-order valence-electron chi connectivity index (χ0n) is 17.0. The molecule has 0 unspecified atom stereocenters. The Labute approximate surface area is 165 Å². The van der Waals surface area contributed by atoms with Crippen LogP contribution >= 0.6 is 0 Å². The van der Waals surface area contributed by atoms with E-state index in [1.165, 1.54) is 0 Å². The molecule has 1 atom stereocenters. The second-order valence-corrected chi connectivity index (χ2v) is 7.06. The van der Waals surface area contributed by atoms with E-state index in [2.05, 4.69) is 0 Å². The van der Waals surface area contributed by atoms with E-state index in [9.17, 15) is 9.59 Å². The Morgan fingerprint density at radius 1 is 1.14 bits per heavy atom. The van der Waals surface area contributed by atoms with Gasteiger partial charge in [-0.1, -0.05) is 12.1 Å². The lowest BCUT2D eigenvalue weighted by Crippen LogP contribution is -2.35. The molecule has 2 aromatic carbocycles. The minimum absolute atomic E-state index is 0.0635. The molecule has 3 rings (SSSR count). The van der Waals surface area contributed by atoms with Crippen LogP contribution in [-0.4, -0.2) is 39.6 Å². The fourth-order valence-electron chi connectivity index (χ4n) is 3.61. The van der Waals surface area contributed by atoms with Crippen molar-refractivity contribution in [3.05, 3.63) is 47.5 Å². The fourth-order valence-corrected chi connectivity index (χ4v) is 3.61. The van der Waals surface area contributed by atoms with Crippen LogP contribution in [0.2, 0.25) is 0 Å². The standard InChI is InChI=1S/C22H26N2O4/c1-14-7-6-8-18(15(14)2)23(3)22(26)16-11-21(25)24(13-16)19-12-17(27-4)9-10-20(19)28-5/h6-10,12,16H,11,13H2,1-5H3/t16-/m0/s1. The van der Waals surface area contributed by atoms with Crippen LogP contribution in [0.3, 0.4) is 0 Å². The monoisotopic (exact) mass is 382 g/mol. The van der Waals surface area contributed by atoms with E-state index < -0.39 is 5.92 Å². The molecule has 1 aliphatic rings. The van der Waals surface area contributed by atoms with Crippen LogP contribution in [0.25, 0.3) is 0 Å². The molecule has 0 N–H and O–H groups in total. The lowest BCUT2D eigenvalue weighted by molar-refractivity contribution is -0.124. The largest absolute Gasteiger partial charge is 0.497 e. The van der Waals surface area contributed by atoms with Crippen molar-refractivity contribution < 1.29 is 19.1 Å². The second-order valence-electron chi connectivity index (χ2n) is 7.06. The van der Waals surface area contributed by atoms with Crippen LogP contribution in [-0.2, 0) is 9.59 Å². The van der Waals surface area contributed by atoms with Crippen LogP contribution in [0.1, 0.15) is 17.5 Å². The summed E-state index contributed by atoms with van der Waals surface area (Å²) in [6.45, 7) is 4.34. The molecule has 2 aromatic rings. The molecule has 148 valence electrons. The average molecular weight is 382 g/mol. The van der Waals surface area contributed by atoms with E-state index in [-0.39, 0.29) is 18.2 Å². The molecule has 2 amide bonds. The van der Waals surface area contributed by atoms with Gasteiger partial charge in [0, 0.05) is 31.8 Å². The Hall–Kier alpha value is -3.02. The second kappa shape index (κ2) is 7.92. The molecule has 0 aliphatic carbocycles. The highest BCUT2D eigenvalue weighted by Crippen LogP contribution is 2.36. The van der Waals surface area contributed by atoms with Crippen molar-refractivity contribution in [1.82, 2.24) is 0 Å². The van der Waals surface area contributed by atoms with Crippen molar-refractivity contribution in [2.45, 2.75) is 20.3 Å². The summed E-state index contributed by atoms with van der Waals surface area (Å²) in [4.78, 5) is 29.1. The molecule has 1 fully saturated rings. The van der Waals surface area contributed by atoms with Crippen molar-refractivity contribution in [3.8, 4) is 11.5 Å². The van der Waals surface area contributed by atoms with Crippen molar-refractivity contribution in [2.24, 2.45) is 5.92 Å². The summed E-state index contributed by atoms with van der Waals surface area (Å²) in [5.41, 5.74) is 3.68. The zero-order chi connectivity index (χ0) is 20.4. The number of amides is 2. The van der Waals surface area contributed by atoms with Gasteiger partial charge in [-0.3, -0.25) is 9.59 Å². The Bertz CT molecular complexity index is 909. The first-order valence-corrected chi connectivity index (χ1v) is 9.23. The highest BCUT2D eigenvalue weighted by atomic mass is 16.5. The number of hydrogen-bond donors (Lipinski definition) is 0. The summed E-state index contributed by atoms with van der Waals surface area (Å²) in [6, 6.07) is 11.2. The fraction of sp³-hybridized carbons (Fsp3) is 0.364. The minimum Gasteiger partial charge on any atom is -0.497 e. The van der Waals surface area contributed by atoms with Crippen molar-refractivity contribution in [3.63, 3.8) is 0 Å². The molecule has 1 heterocycles. The third-order valence-electron chi connectivity index (χ3n) is 5.42. The molecule has 0 radical (unpaired) electrons. The van der Waals surface area contributed by atoms with Gasteiger partial charge in [0.25, 0.3) is 0 Å². The highest BCUT2D eigenvalue weighted by molar-refractivity contribution is 6.05. The Balaban J connectivity index is 1.84. The summed E-state index contributed by atoms with van der Waals surface area (Å²) in [6.07, 6.45) is 0.175. The summed E-state index contributed by atoms with van der Waals surface area (Å²) in [5, 5.41) is 0. The summed E-state index contributed by atoms with van der Waals surface area (Å²) >= 11 is 0. The Morgan fingerprint density at radius 3 is 2.57 bits per heavy atom. The van der Waals surface area contributed by atoms with Crippen LogP contribution < -0.4 is 19.3 Å². The summed E-state index contributed by atoms with van der Waals surface area (Å²) < 4.78 is 10.7. The Kier molecular flexibility index (Phi) is 5.58. The molecule has 6 heteroatoms. The third kappa shape index (κ3) is 3.54. The number of carbonyl (C=O) groups is 2. The van der Waals surface area contributed by atoms with E-state index in [4.69, 9.17) is 9.47 Å². The number of rotatable bonds is 5. The number of nitrogens with zero attached hydrogens (tertiary/aromatic N) is 2. The van der Waals surface area contributed by atoms with Gasteiger partial charge in [0.1, 0.15) is 11.5 Å². The van der Waals surface area contributed by atoms with Gasteiger partial charge in [0.15, 0.2) is 0 Å². The quantitative estimate of drug-likeness (QED) is 0.796. The molecule has 0 bridgehead atoms. The van der Waals surface area contributed by atoms with Gasteiger partial charge in [-0.15, -0.1) is 0 Å². The number of benzene rings is 2. The van der Waals surface area contributed by atoms with E-state index in [0.29, 0.717) is 23.7 Å². The van der Waals surface area contributed by atoms with Crippen molar-refractivity contribution in [2.75, 3.05) is 37.6 Å². The number of methoxy groups -OCH3 is 2. The number of aryl methyl sites for hydroxylation is 1. The molecular formula is C22H26N2O4. The van der Waals surface area contributed by atoms with Crippen molar-refractivity contribution >= 4 is 23.2 Å². The maximum atomic E-state index is 13.1. The minimum atomic E-state index is -0.409. The van der Waals surface area contributed by atoms with Crippen LogP contribution in [0.4, 0.5) is 11.4 Å². The van der Waals surface area contributed by atoms with Gasteiger partial charge >= 0.3 is 0 Å². The average Bonchev–Trinajstić information content (AvgIpc) is 3.09. The zero-order valence-corrected chi connectivity index (χ0v) is 17.0. The van der Waals surface area contributed by atoms with Gasteiger partial charge in [0.05, 0.1) is 25.8 Å². The van der Waals surface area contributed by atoms with E-state index in [1.54, 1.807) is 49.3 Å². The molecule has 1 saturated heterocycles. The number of anilines is 2. The first-order chi connectivity index (χ1) is 13.4. The van der Waals surface area contributed by atoms with Gasteiger partial charge in [-0.25, -0.2) is 0 Å². The Morgan fingerprint density at radius 2 is 1.89 bits per heavy atom. The maximum absolute atomic E-state index is 13.1. The highest BCUT2D eigenvalue weighted by Gasteiger charge is 2.38. The molecule has 1 aliphatic heterocycles. The molecule has 0 spiro atoms. The molecule has 6 nitrogen and oxygen atoms in total. The van der Waals surface area contributed by atoms with Crippen LogP contribution in [0, 0.1) is 19.8 Å². The number of ether oxygens (including phenoxy) is 2. The lowest BCUT2D eigenvalue weighted by atomic mass is 10.0. The molecule has 28 heavy (non-hydrogen) atoms. The van der Waals surface area contributed by atoms with E-state index in [0.717, 1.165) is 16.8 Å². The predicted octanol–water partition coefficient (Wildman–Crippen LogP) is 3.34. The van der Waals surface area contributed by atoms with Gasteiger partial charge < -0.3 is 19.3 Å². The number of carbonyl (C=O) groups excluding carboxylic acids is 2. The first kappa shape index (κ1) is 19.7. The topological polar surface area (TPSA) is 59.1 Å². The van der Waals surface area contributed by atoms with E-state index in [1.807, 2.05) is 32.0 Å². The molecular weight excluding hydrogens is 356 g/mol.